The van der Waals surface area contributed by atoms with Gasteiger partial charge in [0.25, 0.3) is 5.91 Å². The summed E-state index contributed by atoms with van der Waals surface area (Å²) in [5, 5.41) is 10.3. The van der Waals surface area contributed by atoms with Gasteiger partial charge in [-0.1, -0.05) is 24.3 Å². The van der Waals surface area contributed by atoms with Crippen molar-refractivity contribution in [2.45, 2.75) is 23.5 Å². The number of rotatable bonds is 6. The number of benzene rings is 3. The number of aromatic nitrogens is 1. The number of hydrogen-bond donors (Lipinski definition) is 1. The topological polar surface area (TPSA) is 71.8 Å². The number of fused-ring (bicyclic) bond motifs is 2. The molecule has 5 rings (SSSR count). The number of nitrogens with zero attached hydrogens (tertiary/aromatic N) is 2. The molecule has 1 atom stereocenters. The van der Waals surface area contributed by atoms with E-state index in [4.69, 9.17) is 4.74 Å². The normalized spacial score (nSPS) is 15.1. The van der Waals surface area contributed by atoms with Crippen LogP contribution in [0.3, 0.4) is 0 Å². The molecular weight excluding hydrogens is 460 g/mol. The molecule has 3 aromatic carbocycles. The average Bonchev–Trinajstić information content (AvgIpc) is 3.19. The molecule has 2 heterocycles. The standard InChI is InChI=1S/C28H26N2O4S/c1-18-14-23-20(15-27(31)32)6-5-8-24(23)30(18)28(33)19-10-12-21(13-11-19)34-17-22-16-29(2)25-7-3-4-9-26(25)35-22/h3-14,22H,15-17H2,1-2H3,(H,31,32). The first-order valence-corrected chi connectivity index (χ1v) is 12.3. The molecular formula is C28H26N2O4S. The van der Waals surface area contributed by atoms with Crippen molar-refractivity contribution in [3.63, 3.8) is 0 Å². The Balaban J connectivity index is 1.30. The van der Waals surface area contributed by atoms with Gasteiger partial charge >= 0.3 is 5.97 Å². The number of carboxylic acids is 1. The molecule has 0 amide bonds. The molecule has 0 saturated carbocycles. The highest BCUT2D eigenvalue weighted by Gasteiger charge is 2.23. The Morgan fingerprint density at radius 3 is 2.60 bits per heavy atom. The Morgan fingerprint density at radius 2 is 1.83 bits per heavy atom. The van der Waals surface area contributed by atoms with Crippen molar-refractivity contribution in [1.29, 1.82) is 0 Å². The van der Waals surface area contributed by atoms with Crippen molar-refractivity contribution in [3.05, 3.63) is 89.6 Å². The third-order valence-electron chi connectivity index (χ3n) is 6.25. The van der Waals surface area contributed by atoms with E-state index in [0.717, 1.165) is 23.4 Å². The minimum absolute atomic E-state index is 0.0817. The molecule has 0 radical (unpaired) electrons. The molecule has 1 aliphatic rings. The van der Waals surface area contributed by atoms with Crippen molar-refractivity contribution in [2.24, 2.45) is 0 Å². The third-order valence-corrected chi connectivity index (χ3v) is 7.47. The summed E-state index contributed by atoms with van der Waals surface area (Å²) in [4.78, 5) is 28.1. The van der Waals surface area contributed by atoms with E-state index in [1.807, 2.05) is 43.0 Å². The average molecular weight is 487 g/mol. The van der Waals surface area contributed by atoms with Crippen molar-refractivity contribution in [2.75, 3.05) is 25.1 Å². The fourth-order valence-electron chi connectivity index (χ4n) is 4.60. The lowest BCUT2D eigenvalue weighted by Gasteiger charge is -2.32. The Kier molecular flexibility index (Phi) is 6.26. The van der Waals surface area contributed by atoms with Crippen molar-refractivity contribution >= 4 is 40.2 Å². The van der Waals surface area contributed by atoms with Crippen LogP contribution in [-0.4, -0.2) is 47.0 Å². The maximum atomic E-state index is 13.3. The Morgan fingerprint density at radius 1 is 1.06 bits per heavy atom. The molecule has 0 fully saturated rings. The van der Waals surface area contributed by atoms with Gasteiger partial charge in [0.05, 0.1) is 22.9 Å². The number of para-hydroxylation sites is 1. The minimum atomic E-state index is -0.896. The Labute approximate surface area is 208 Å². The van der Waals surface area contributed by atoms with Gasteiger partial charge in [0.15, 0.2) is 0 Å². The number of carbonyl (C=O) groups is 2. The first-order chi connectivity index (χ1) is 16.9. The second-order valence-corrected chi connectivity index (χ2v) is 10.1. The second-order valence-electron chi connectivity index (χ2n) is 8.77. The first-order valence-electron chi connectivity index (χ1n) is 11.5. The number of thioether (sulfide) groups is 1. The summed E-state index contributed by atoms with van der Waals surface area (Å²) < 4.78 is 7.70. The summed E-state index contributed by atoms with van der Waals surface area (Å²) in [5.41, 5.74) is 3.97. The van der Waals surface area contributed by atoms with Gasteiger partial charge in [-0.2, -0.15) is 0 Å². The van der Waals surface area contributed by atoms with Gasteiger partial charge in [-0.25, -0.2) is 0 Å². The van der Waals surface area contributed by atoms with Crippen LogP contribution in [0, 0.1) is 6.92 Å². The van der Waals surface area contributed by atoms with E-state index in [1.54, 1.807) is 28.8 Å². The smallest absolute Gasteiger partial charge is 0.307 e. The van der Waals surface area contributed by atoms with E-state index in [0.29, 0.717) is 28.5 Å². The van der Waals surface area contributed by atoms with Gasteiger partial charge in [0.1, 0.15) is 12.4 Å². The lowest BCUT2D eigenvalue weighted by Crippen LogP contribution is -2.34. The quantitative estimate of drug-likeness (QED) is 0.401. The van der Waals surface area contributed by atoms with E-state index in [-0.39, 0.29) is 12.3 Å². The van der Waals surface area contributed by atoms with E-state index in [9.17, 15) is 14.7 Å². The number of hydrogen-bond acceptors (Lipinski definition) is 5. The van der Waals surface area contributed by atoms with Gasteiger partial charge < -0.3 is 14.7 Å². The number of aliphatic carboxylic acids is 1. The zero-order valence-electron chi connectivity index (χ0n) is 19.6. The predicted octanol–water partition coefficient (Wildman–Crippen LogP) is 5.25. The monoisotopic (exact) mass is 486 g/mol. The summed E-state index contributed by atoms with van der Waals surface area (Å²) in [6, 6.07) is 22.9. The van der Waals surface area contributed by atoms with Crippen LogP contribution in [0.5, 0.6) is 5.75 Å². The summed E-state index contributed by atoms with van der Waals surface area (Å²) in [6.45, 7) is 3.34. The summed E-state index contributed by atoms with van der Waals surface area (Å²) in [7, 11) is 2.10. The van der Waals surface area contributed by atoms with Crippen LogP contribution in [0.4, 0.5) is 5.69 Å². The van der Waals surface area contributed by atoms with E-state index >= 15 is 0 Å². The van der Waals surface area contributed by atoms with Crippen LogP contribution in [0.25, 0.3) is 10.9 Å². The van der Waals surface area contributed by atoms with Gasteiger partial charge in [-0.15, -0.1) is 11.8 Å². The van der Waals surface area contributed by atoms with E-state index < -0.39 is 5.97 Å². The molecule has 0 spiro atoms. The van der Waals surface area contributed by atoms with Crippen molar-refractivity contribution < 1.29 is 19.4 Å². The minimum Gasteiger partial charge on any atom is -0.492 e. The van der Waals surface area contributed by atoms with Gasteiger partial charge in [-0.05, 0) is 61.0 Å². The van der Waals surface area contributed by atoms with Gasteiger partial charge in [0, 0.05) is 35.1 Å². The van der Waals surface area contributed by atoms with E-state index in [1.165, 1.54) is 10.6 Å². The SMILES string of the molecule is Cc1cc2c(CC(=O)O)cccc2n1C(=O)c1ccc(OCC2CN(C)c3ccccc3S2)cc1. The number of carbonyl (C=O) groups excluding carboxylic acids is 1. The number of anilines is 1. The lowest BCUT2D eigenvalue weighted by atomic mass is 10.1. The summed E-state index contributed by atoms with van der Waals surface area (Å²) in [5.74, 6) is -0.327. The third kappa shape index (κ3) is 4.64. The van der Waals surface area contributed by atoms with Crippen molar-refractivity contribution in [3.8, 4) is 5.75 Å². The molecule has 0 bridgehead atoms. The van der Waals surface area contributed by atoms with Gasteiger partial charge in [0.2, 0.25) is 0 Å². The fraction of sp³-hybridized carbons (Fsp3) is 0.214. The molecule has 4 aromatic rings. The molecule has 178 valence electrons. The predicted molar refractivity (Wildman–Crippen MR) is 139 cm³/mol. The fourth-order valence-corrected chi connectivity index (χ4v) is 5.90. The molecule has 1 aliphatic heterocycles. The summed E-state index contributed by atoms with van der Waals surface area (Å²) >= 11 is 1.83. The number of carboxylic acid groups (broad SMARTS) is 1. The first kappa shape index (κ1) is 23.1. The molecule has 1 N–H and O–H groups in total. The number of aryl methyl sites for hydroxylation is 1. The zero-order chi connectivity index (χ0) is 24.5. The highest BCUT2D eigenvalue weighted by molar-refractivity contribution is 8.00. The van der Waals surface area contributed by atoms with Crippen LogP contribution in [0.1, 0.15) is 21.6 Å². The molecule has 35 heavy (non-hydrogen) atoms. The zero-order valence-corrected chi connectivity index (χ0v) is 20.4. The molecule has 1 aromatic heterocycles. The maximum Gasteiger partial charge on any atom is 0.307 e. The Hall–Kier alpha value is -3.71. The molecule has 0 saturated heterocycles. The van der Waals surface area contributed by atoms with Crippen LogP contribution in [0.15, 0.2) is 77.7 Å². The van der Waals surface area contributed by atoms with Crippen LogP contribution < -0.4 is 9.64 Å². The van der Waals surface area contributed by atoms with Crippen LogP contribution in [-0.2, 0) is 11.2 Å². The lowest BCUT2D eigenvalue weighted by molar-refractivity contribution is -0.136. The second kappa shape index (κ2) is 9.50. The molecule has 1 unspecified atom stereocenters. The molecule has 7 heteroatoms. The van der Waals surface area contributed by atoms with Crippen LogP contribution >= 0.6 is 11.8 Å². The maximum absolute atomic E-state index is 13.3. The highest BCUT2D eigenvalue weighted by atomic mass is 32.2. The van der Waals surface area contributed by atoms with E-state index in [2.05, 4.69) is 36.2 Å². The summed E-state index contributed by atoms with van der Waals surface area (Å²) in [6.07, 6.45) is -0.0817. The van der Waals surface area contributed by atoms with Gasteiger partial charge in [-0.3, -0.25) is 14.2 Å². The van der Waals surface area contributed by atoms with Crippen molar-refractivity contribution in [1.82, 2.24) is 4.57 Å². The molecule has 0 aliphatic carbocycles. The highest BCUT2D eigenvalue weighted by Crippen LogP contribution is 2.37. The Bertz CT molecular complexity index is 1410. The largest absolute Gasteiger partial charge is 0.492 e. The van der Waals surface area contributed by atoms with Crippen LogP contribution in [0.2, 0.25) is 0 Å². The molecule has 6 nitrogen and oxygen atoms in total. The number of ether oxygens (including phenoxy) is 1.